The van der Waals surface area contributed by atoms with E-state index in [1.165, 1.54) is 12.8 Å². The first-order valence-corrected chi connectivity index (χ1v) is 7.78. The van der Waals surface area contributed by atoms with Gasteiger partial charge in [0.25, 0.3) is 0 Å². The SMILES string of the molecule is CN(CC1CCOCC1)C(=O)CCC1CCCNC1. The van der Waals surface area contributed by atoms with Gasteiger partial charge in [0.05, 0.1) is 0 Å². The molecule has 0 aromatic rings. The van der Waals surface area contributed by atoms with Gasteiger partial charge in [-0.1, -0.05) is 0 Å². The second-order valence-electron chi connectivity index (χ2n) is 6.08. The van der Waals surface area contributed by atoms with E-state index in [2.05, 4.69) is 5.32 Å². The molecule has 2 rings (SSSR count). The third-order valence-corrected chi connectivity index (χ3v) is 4.46. The lowest BCUT2D eigenvalue weighted by Gasteiger charge is -2.28. The number of hydrogen-bond acceptors (Lipinski definition) is 3. The van der Waals surface area contributed by atoms with Crippen LogP contribution >= 0.6 is 0 Å². The maximum absolute atomic E-state index is 12.1. The van der Waals surface area contributed by atoms with Crippen LogP contribution in [-0.2, 0) is 9.53 Å². The van der Waals surface area contributed by atoms with Gasteiger partial charge >= 0.3 is 0 Å². The van der Waals surface area contributed by atoms with E-state index in [0.29, 0.717) is 24.2 Å². The van der Waals surface area contributed by atoms with Crippen molar-refractivity contribution >= 4 is 5.91 Å². The Morgan fingerprint density at radius 2 is 2.05 bits per heavy atom. The second-order valence-corrected chi connectivity index (χ2v) is 6.08. The number of nitrogens with one attached hydrogen (secondary N) is 1. The van der Waals surface area contributed by atoms with E-state index in [1.807, 2.05) is 11.9 Å². The van der Waals surface area contributed by atoms with E-state index >= 15 is 0 Å². The maximum Gasteiger partial charge on any atom is 0.222 e. The largest absolute Gasteiger partial charge is 0.381 e. The van der Waals surface area contributed by atoms with Crippen LogP contribution in [0.5, 0.6) is 0 Å². The molecule has 2 heterocycles. The van der Waals surface area contributed by atoms with Crippen molar-refractivity contribution in [3.05, 3.63) is 0 Å². The Labute approximate surface area is 116 Å². The molecule has 0 aromatic heterocycles. The quantitative estimate of drug-likeness (QED) is 0.824. The number of rotatable bonds is 5. The van der Waals surface area contributed by atoms with Crippen molar-refractivity contribution in [2.24, 2.45) is 11.8 Å². The predicted molar refractivity (Wildman–Crippen MR) is 76.0 cm³/mol. The minimum Gasteiger partial charge on any atom is -0.381 e. The summed E-state index contributed by atoms with van der Waals surface area (Å²) >= 11 is 0. The van der Waals surface area contributed by atoms with E-state index in [9.17, 15) is 4.79 Å². The normalized spacial score (nSPS) is 25.2. The number of hydrogen-bond donors (Lipinski definition) is 1. The van der Waals surface area contributed by atoms with Gasteiger partial charge in [0.1, 0.15) is 0 Å². The molecule has 2 aliphatic heterocycles. The monoisotopic (exact) mass is 268 g/mol. The summed E-state index contributed by atoms with van der Waals surface area (Å²) in [6.45, 7) is 4.87. The molecule has 2 fully saturated rings. The predicted octanol–water partition coefficient (Wildman–Crippen LogP) is 1.65. The van der Waals surface area contributed by atoms with E-state index in [-0.39, 0.29) is 0 Å². The minimum absolute atomic E-state index is 0.317. The van der Waals surface area contributed by atoms with E-state index in [0.717, 1.165) is 52.1 Å². The molecule has 110 valence electrons. The second kappa shape index (κ2) is 7.85. The fourth-order valence-electron chi connectivity index (χ4n) is 3.11. The molecule has 0 radical (unpaired) electrons. The fraction of sp³-hybridized carbons (Fsp3) is 0.933. The Morgan fingerprint density at radius 3 is 2.74 bits per heavy atom. The number of nitrogens with zero attached hydrogens (tertiary/aromatic N) is 1. The molecule has 0 aliphatic carbocycles. The average Bonchev–Trinajstić information content (AvgIpc) is 2.47. The Bertz CT molecular complexity index is 271. The zero-order valence-corrected chi connectivity index (χ0v) is 12.2. The van der Waals surface area contributed by atoms with E-state index < -0.39 is 0 Å². The lowest BCUT2D eigenvalue weighted by molar-refractivity contribution is -0.131. The minimum atomic E-state index is 0.317. The van der Waals surface area contributed by atoms with Crippen LogP contribution in [0.25, 0.3) is 0 Å². The molecule has 0 saturated carbocycles. The molecule has 0 bridgehead atoms. The highest BCUT2D eigenvalue weighted by Gasteiger charge is 2.20. The standard InChI is InChI=1S/C15H28N2O2/c1-17(12-14-6-9-19-10-7-14)15(18)5-4-13-3-2-8-16-11-13/h13-14,16H,2-12H2,1H3. The molecule has 0 spiro atoms. The van der Waals surface area contributed by atoms with Gasteiger partial charge < -0.3 is 15.0 Å². The number of ether oxygens (including phenoxy) is 1. The van der Waals surface area contributed by atoms with E-state index in [1.54, 1.807) is 0 Å². The van der Waals surface area contributed by atoms with Gasteiger partial charge in [0.15, 0.2) is 0 Å². The first kappa shape index (κ1) is 14.8. The van der Waals surface area contributed by atoms with E-state index in [4.69, 9.17) is 4.74 Å². The summed E-state index contributed by atoms with van der Waals surface area (Å²) in [7, 11) is 1.96. The zero-order valence-electron chi connectivity index (χ0n) is 12.2. The summed E-state index contributed by atoms with van der Waals surface area (Å²) in [6, 6.07) is 0. The Balaban J connectivity index is 1.63. The molecular formula is C15H28N2O2. The highest BCUT2D eigenvalue weighted by Crippen LogP contribution is 2.18. The van der Waals surface area contributed by atoms with Crippen LogP contribution in [0.3, 0.4) is 0 Å². The molecular weight excluding hydrogens is 240 g/mol. The summed E-state index contributed by atoms with van der Waals surface area (Å²) in [5.41, 5.74) is 0. The van der Waals surface area contributed by atoms with Gasteiger partial charge in [0.2, 0.25) is 5.91 Å². The third kappa shape index (κ3) is 5.11. The van der Waals surface area contributed by atoms with Crippen molar-refractivity contribution in [3.8, 4) is 0 Å². The summed E-state index contributed by atoms with van der Waals surface area (Å²) in [5, 5.41) is 3.41. The van der Waals surface area contributed by atoms with Crippen molar-refractivity contribution in [2.45, 2.75) is 38.5 Å². The van der Waals surface area contributed by atoms with Crippen molar-refractivity contribution < 1.29 is 9.53 Å². The van der Waals surface area contributed by atoms with Crippen LogP contribution in [0.1, 0.15) is 38.5 Å². The highest BCUT2D eigenvalue weighted by molar-refractivity contribution is 5.75. The molecule has 0 aromatic carbocycles. The summed E-state index contributed by atoms with van der Waals surface area (Å²) in [4.78, 5) is 14.1. The lowest BCUT2D eigenvalue weighted by Crippen LogP contribution is -2.35. The summed E-state index contributed by atoms with van der Waals surface area (Å²) in [5.74, 6) is 1.66. The zero-order chi connectivity index (χ0) is 13.5. The first-order valence-electron chi connectivity index (χ1n) is 7.78. The van der Waals surface area contributed by atoms with Gasteiger partial charge in [-0.3, -0.25) is 4.79 Å². The topological polar surface area (TPSA) is 41.6 Å². The summed E-state index contributed by atoms with van der Waals surface area (Å²) in [6.07, 6.45) is 6.51. The maximum atomic E-state index is 12.1. The first-order chi connectivity index (χ1) is 9.25. The number of carbonyl (C=O) groups is 1. The Kier molecular flexibility index (Phi) is 6.11. The van der Waals surface area contributed by atoms with Gasteiger partial charge in [-0.2, -0.15) is 0 Å². The molecule has 1 amide bonds. The molecule has 1 N–H and O–H groups in total. The molecule has 2 saturated heterocycles. The third-order valence-electron chi connectivity index (χ3n) is 4.46. The Morgan fingerprint density at radius 1 is 1.26 bits per heavy atom. The summed E-state index contributed by atoms with van der Waals surface area (Å²) < 4.78 is 5.36. The van der Waals surface area contributed by atoms with Gasteiger partial charge in [-0.25, -0.2) is 0 Å². The van der Waals surface area contributed by atoms with Crippen LogP contribution in [0, 0.1) is 11.8 Å². The molecule has 1 atom stereocenters. The number of amides is 1. The number of carbonyl (C=O) groups excluding carboxylic acids is 1. The average molecular weight is 268 g/mol. The molecule has 1 unspecified atom stereocenters. The lowest BCUT2D eigenvalue weighted by atomic mass is 9.94. The highest BCUT2D eigenvalue weighted by atomic mass is 16.5. The van der Waals surface area contributed by atoms with Crippen LogP contribution in [0.4, 0.5) is 0 Å². The molecule has 4 nitrogen and oxygen atoms in total. The number of piperidine rings is 1. The van der Waals surface area contributed by atoms with Crippen molar-refractivity contribution in [1.29, 1.82) is 0 Å². The molecule has 4 heteroatoms. The van der Waals surface area contributed by atoms with Crippen molar-refractivity contribution in [2.75, 3.05) is 39.9 Å². The molecule has 2 aliphatic rings. The van der Waals surface area contributed by atoms with Crippen molar-refractivity contribution in [3.63, 3.8) is 0 Å². The van der Waals surface area contributed by atoms with Crippen LogP contribution in [-0.4, -0.2) is 50.7 Å². The van der Waals surface area contributed by atoms with Gasteiger partial charge in [-0.05, 0) is 57.0 Å². The van der Waals surface area contributed by atoms with Crippen molar-refractivity contribution in [1.82, 2.24) is 10.2 Å². The smallest absolute Gasteiger partial charge is 0.222 e. The van der Waals surface area contributed by atoms with Crippen LogP contribution < -0.4 is 5.32 Å². The van der Waals surface area contributed by atoms with Crippen LogP contribution in [0.2, 0.25) is 0 Å². The molecule has 19 heavy (non-hydrogen) atoms. The fourth-order valence-corrected chi connectivity index (χ4v) is 3.11. The van der Waals surface area contributed by atoms with Gasteiger partial charge in [0, 0.05) is 33.2 Å². The van der Waals surface area contributed by atoms with Gasteiger partial charge in [-0.15, -0.1) is 0 Å². The Hall–Kier alpha value is -0.610. The van der Waals surface area contributed by atoms with Crippen LogP contribution in [0.15, 0.2) is 0 Å².